The van der Waals surface area contributed by atoms with Gasteiger partial charge in [0.05, 0.1) is 7.11 Å². The van der Waals surface area contributed by atoms with Gasteiger partial charge in [-0.3, -0.25) is 0 Å². The Labute approximate surface area is 106 Å². The van der Waals surface area contributed by atoms with E-state index in [0.717, 1.165) is 28.7 Å². The molecule has 0 aromatic heterocycles. The molecule has 1 aliphatic rings. The molecule has 0 saturated heterocycles. The number of methoxy groups -OCH3 is 1. The Balaban J connectivity index is 2.16. The lowest BCUT2D eigenvalue weighted by Crippen LogP contribution is -2.11. The zero-order chi connectivity index (χ0) is 12.1. The third-order valence-electron chi connectivity index (χ3n) is 2.35. The van der Waals surface area contributed by atoms with E-state index >= 15 is 0 Å². The van der Waals surface area contributed by atoms with Crippen LogP contribution < -0.4 is 14.8 Å². The second-order valence-electron chi connectivity index (χ2n) is 3.48. The topological polar surface area (TPSA) is 30.5 Å². The van der Waals surface area contributed by atoms with Crippen molar-refractivity contribution in [1.29, 1.82) is 0 Å². The number of hydrogen-bond acceptors (Lipinski definition) is 4. The summed E-state index contributed by atoms with van der Waals surface area (Å²) >= 11 is 1.65. The average molecular weight is 249 g/mol. The van der Waals surface area contributed by atoms with Crippen molar-refractivity contribution in [1.82, 2.24) is 5.32 Å². The predicted molar refractivity (Wildman–Crippen MR) is 70.6 cm³/mol. The quantitative estimate of drug-likeness (QED) is 0.831. The van der Waals surface area contributed by atoms with Crippen LogP contribution in [0.15, 0.2) is 47.2 Å². The van der Waals surface area contributed by atoms with Gasteiger partial charge in [0.25, 0.3) is 0 Å². The second-order valence-corrected chi connectivity index (χ2v) is 4.32. The molecule has 1 N–H and O–H groups in total. The van der Waals surface area contributed by atoms with Crippen LogP contribution in [0.25, 0.3) is 0 Å². The minimum Gasteiger partial charge on any atom is -0.495 e. The first-order valence-corrected chi connectivity index (χ1v) is 6.56. The monoisotopic (exact) mass is 249 g/mol. The first-order valence-electron chi connectivity index (χ1n) is 5.33. The van der Waals surface area contributed by atoms with Gasteiger partial charge in [-0.05, 0) is 24.5 Å². The van der Waals surface area contributed by atoms with Crippen molar-refractivity contribution in [2.45, 2.75) is 4.90 Å². The maximum Gasteiger partial charge on any atom is 0.142 e. The van der Waals surface area contributed by atoms with Gasteiger partial charge in [-0.1, -0.05) is 6.08 Å². The number of rotatable bonds is 4. The van der Waals surface area contributed by atoms with Crippen molar-refractivity contribution in [3.05, 3.63) is 42.3 Å². The van der Waals surface area contributed by atoms with Gasteiger partial charge in [0.2, 0.25) is 0 Å². The van der Waals surface area contributed by atoms with Gasteiger partial charge >= 0.3 is 0 Å². The molecule has 1 heterocycles. The maximum atomic E-state index is 5.72. The van der Waals surface area contributed by atoms with Crippen molar-refractivity contribution in [3.63, 3.8) is 0 Å². The van der Waals surface area contributed by atoms with Crippen molar-refractivity contribution >= 4 is 11.8 Å². The fourth-order valence-electron chi connectivity index (χ4n) is 1.53. The molecule has 1 aromatic rings. The lowest BCUT2D eigenvalue weighted by Gasteiger charge is -2.12. The summed E-state index contributed by atoms with van der Waals surface area (Å²) in [5.74, 6) is 2.41. The molecule has 0 fully saturated rings. The van der Waals surface area contributed by atoms with E-state index in [-0.39, 0.29) is 0 Å². The third-order valence-corrected chi connectivity index (χ3v) is 3.13. The Morgan fingerprint density at radius 3 is 2.88 bits per heavy atom. The van der Waals surface area contributed by atoms with Gasteiger partial charge in [0, 0.05) is 23.7 Å². The fraction of sp³-hybridized carbons (Fsp3) is 0.231. The van der Waals surface area contributed by atoms with Gasteiger partial charge in [-0.2, -0.15) is 0 Å². The predicted octanol–water partition coefficient (Wildman–Crippen LogP) is 2.80. The molecule has 0 radical (unpaired) electrons. The molecule has 0 atom stereocenters. The molecule has 0 saturated carbocycles. The molecule has 90 valence electrons. The third kappa shape index (κ3) is 2.97. The Bertz CT molecular complexity index is 455. The summed E-state index contributed by atoms with van der Waals surface area (Å²) in [5.41, 5.74) is 0. The van der Waals surface area contributed by atoms with Crippen molar-refractivity contribution in [2.75, 3.05) is 19.9 Å². The van der Waals surface area contributed by atoms with Gasteiger partial charge in [-0.15, -0.1) is 11.8 Å². The van der Waals surface area contributed by atoms with Gasteiger partial charge < -0.3 is 14.8 Å². The molecule has 0 unspecified atom stereocenters. The number of thioether (sulfide) groups is 1. The van der Waals surface area contributed by atoms with E-state index < -0.39 is 0 Å². The zero-order valence-corrected chi connectivity index (χ0v) is 10.7. The number of nitrogens with one attached hydrogen (secondary N) is 1. The van der Waals surface area contributed by atoms with E-state index in [1.54, 1.807) is 18.9 Å². The molecule has 0 spiro atoms. The Kier molecular flexibility index (Phi) is 3.98. The van der Waals surface area contributed by atoms with Crippen LogP contribution in [0.3, 0.4) is 0 Å². The first-order chi connectivity index (χ1) is 8.33. The van der Waals surface area contributed by atoms with Crippen LogP contribution in [-0.4, -0.2) is 19.9 Å². The van der Waals surface area contributed by atoms with Crippen molar-refractivity contribution in [3.8, 4) is 11.5 Å². The largest absolute Gasteiger partial charge is 0.495 e. The normalized spacial score (nSPS) is 13.9. The molecule has 0 bridgehead atoms. The standard InChI is InChI=1S/C13H15NO2S/c1-15-12-8-10(5-6-13(12)17-2)16-11-4-3-7-14-9-11/h3-6,8-9,14H,7H2,1-2H3. The maximum absolute atomic E-state index is 5.72. The Morgan fingerprint density at radius 1 is 1.35 bits per heavy atom. The highest BCUT2D eigenvalue weighted by atomic mass is 32.2. The van der Waals surface area contributed by atoms with E-state index in [4.69, 9.17) is 9.47 Å². The fourth-order valence-corrected chi connectivity index (χ4v) is 2.08. The number of ether oxygens (including phenoxy) is 2. The van der Waals surface area contributed by atoms with Gasteiger partial charge in [0.15, 0.2) is 0 Å². The summed E-state index contributed by atoms with van der Waals surface area (Å²) in [5, 5.41) is 3.10. The highest BCUT2D eigenvalue weighted by Gasteiger charge is 2.06. The van der Waals surface area contributed by atoms with Crippen LogP contribution in [0.2, 0.25) is 0 Å². The van der Waals surface area contributed by atoms with E-state index in [2.05, 4.69) is 5.32 Å². The summed E-state index contributed by atoms with van der Waals surface area (Å²) in [4.78, 5) is 1.10. The molecule has 17 heavy (non-hydrogen) atoms. The van der Waals surface area contributed by atoms with E-state index in [0.29, 0.717) is 0 Å². The molecule has 0 amide bonds. The van der Waals surface area contributed by atoms with E-state index in [9.17, 15) is 0 Å². The van der Waals surface area contributed by atoms with Gasteiger partial charge in [0.1, 0.15) is 17.3 Å². The van der Waals surface area contributed by atoms with Gasteiger partial charge in [-0.25, -0.2) is 0 Å². The SMILES string of the molecule is COc1cc(OC2=CNCC=C2)ccc1SC. The minimum absolute atomic E-state index is 0.777. The zero-order valence-electron chi connectivity index (χ0n) is 9.90. The first kappa shape index (κ1) is 11.9. The molecular formula is C13H15NO2S. The number of allylic oxidation sites excluding steroid dienone is 1. The Hall–Kier alpha value is -1.55. The molecule has 1 aliphatic heterocycles. The molecule has 3 nitrogen and oxygen atoms in total. The van der Waals surface area contributed by atoms with Crippen LogP contribution in [0.4, 0.5) is 0 Å². The molecule has 1 aromatic carbocycles. The molecule has 2 rings (SSSR count). The van der Waals surface area contributed by atoms with Crippen molar-refractivity contribution in [2.24, 2.45) is 0 Å². The second kappa shape index (κ2) is 5.68. The van der Waals surface area contributed by atoms with Crippen LogP contribution in [0.1, 0.15) is 0 Å². The van der Waals surface area contributed by atoms with E-state index in [1.807, 2.05) is 42.8 Å². The van der Waals surface area contributed by atoms with Crippen LogP contribution in [-0.2, 0) is 0 Å². The van der Waals surface area contributed by atoms with Crippen LogP contribution >= 0.6 is 11.8 Å². The summed E-state index contributed by atoms with van der Waals surface area (Å²) in [6, 6.07) is 5.84. The molecule has 0 aliphatic carbocycles. The Morgan fingerprint density at radius 2 is 2.24 bits per heavy atom. The van der Waals surface area contributed by atoms with Crippen LogP contribution in [0.5, 0.6) is 11.5 Å². The lowest BCUT2D eigenvalue weighted by atomic mass is 10.3. The smallest absolute Gasteiger partial charge is 0.142 e. The van der Waals surface area contributed by atoms with Crippen molar-refractivity contribution < 1.29 is 9.47 Å². The average Bonchev–Trinajstić information content (AvgIpc) is 2.40. The molecular weight excluding hydrogens is 234 g/mol. The summed E-state index contributed by atoms with van der Waals surface area (Å²) < 4.78 is 11.0. The number of hydrogen-bond donors (Lipinski definition) is 1. The lowest BCUT2D eigenvalue weighted by molar-refractivity contribution is 0.394. The van der Waals surface area contributed by atoms with E-state index in [1.165, 1.54) is 0 Å². The summed E-state index contributed by atoms with van der Waals surface area (Å²) in [6.45, 7) is 0.849. The summed E-state index contributed by atoms with van der Waals surface area (Å²) in [6.07, 6.45) is 7.85. The summed E-state index contributed by atoms with van der Waals surface area (Å²) in [7, 11) is 1.67. The highest BCUT2D eigenvalue weighted by molar-refractivity contribution is 7.98. The van der Waals surface area contributed by atoms with Crippen LogP contribution in [0, 0.1) is 0 Å². The minimum atomic E-state index is 0.777. The highest BCUT2D eigenvalue weighted by Crippen LogP contribution is 2.31. The molecule has 4 heteroatoms. The number of benzene rings is 1. The number of dihydropyridines is 1.